The lowest BCUT2D eigenvalue weighted by Gasteiger charge is -2.31. The Bertz CT molecular complexity index is 550. The highest BCUT2D eigenvalue weighted by atomic mass is 16.5. The van der Waals surface area contributed by atoms with Gasteiger partial charge >= 0.3 is 0 Å². The van der Waals surface area contributed by atoms with E-state index in [2.05, 4.69) is 44.4 Å². The molecule has 0 spiro atoms. The molecule has 0 aromatic heterocycles. The second-order valence-electron chi connectivity index (χ2n) is 8.01. The summed E-state index contributed by atoms with van der Waals surface area (Å²) in [5, 5.41) is 3.62. The maximum atomic E-state index is 6.02. The molecule has 1 N–H and O–H groups in total. The minimum absolute atomic E-state index is 0.0392. The molecule has 2 heteroatoms. The number of fused-ring (bicyclic) bond motifs is 3. The van der Waals surface area contributed by atoms with Crippen LogP contribution in [-0.2, 0) is 6.42 Å². The van der Waals surface area contributed by atoms with Gasteiger partial charge in [0, 0.05) is 12.5 Å². The Morgan fingerprint density at radius 3 is 2.76 bits per heavy atom. The zero-order valence-electron chi connectivity index (χ0n) is 13.5. The number of hydrogen-bond acceptors (Lipinski definition) is 2. The first-order valence-electron chi connectivity index (χ1n) is 8.55. The molecule has 0 amide bonds. The van der Waals surface area contributed by atoms with Crippen molar-refractivity contribution in [1.29, 1.82) is 0 Å². The van der Waals surface area contributed by atoms with Gasteiger partial charge in [-0.3, -0.25) is 0 Å². The zero-order chi connectivity index (χ0) is 14.6. The van der Waals surface area contributed by atoms with Gasteiger partial charge in [0.25, 0.3) is 0 Å². The first-order chi connectivity index (χ1) is 10.1. The van der Waals surface area contributed by atoms with Crippen LogP contribution < -0.4 is 10.1 Å². The number of hydrogen-bond donors (Lipinski definition) is 1. The Morgan fingerprint density at radius 2 is 2.10 bits per heavy atom. The Labute approximate surface area is 128 Å². The number of benzene rings is 1. The van der Waals surface area contributed by atoms with Crippen LogP contribution >= 0.6 is 0 Å². The number of rotatable bonds is 3. The highest BCUT2D eigenvalue weighted by Crippen LogP contribution is 2.52. The summed E-state index contributed by atoms with van der Waals surface area (Å²) in [4.78, 5) is 0. The summed E-state index contributed by atoms with van der Waals surface area (Å²) in [5.74, 6) is 3.88. The number of nitrogens with one attached hydrogen (secondary N) is 1. The average Bonchev–Trinajstić information content (AvgIpc) is 3.11. The Hall–Kier alpha value is -1.02. The van der Waals surface area contributed by atoms with Crippen LogP contribution in [0.15, 0.2) is 18.2 Å². The van der Waals surface area contributed by atoms with E-state index in [-0.39, 0.29) is 5.60 Å². The molecule has 3 aliphatic rings. The third kappa shape index (κ3) is 2.28. The smallest absolute Gasteiger partial charge is 0.123 e. The maximum Gasteiger partial charge on any atom is 0.123 e. The molecule has 0 saturated heterocycles. The van der Waals surface area contributed by atoms with Crippen molar-refractivity contribution >= 4 is 0 Å². The molecule has 2 nitrogen and oxygen atoms in total. The molecule has 114 valence electrons. The fraction of sp³-hybridized carbons (Fsp3) is 0.684. The minimum atomic E-state index is -0.0392. The van der Waals surface area contributed by atoms with E-state index < -0.39 is 0 Å². The summed E-state index contributed by atoms with van der Waals surface area (Å²) in [6.07, 6.45) is 6.86. The van der Waals surface area contributed by atoms with Gasteiger partial charge in [-0.15, -0.1) is 0 Å². The molecular formula is C19H27NO. The minimum Gasteiger partial charge on any atom is -0.487 e. The van der Waals surface area contributed by atoms with Crippen molar-refractivity contribution in [3.05, 3.63) is 29.3 Å². The molecule has 4 rings (SSSR count). The second kappa shape index (κ2) is 4.74. The van der Waals surface area contributed by atoms with Gasteiger partial charge in [-0.25, -0.2) is 0 Å². The molecule has 1 aliphatic heterocycles. The van der Waals surface area contributed by atoms with Crippen molar-refractivity contribution in [2.45, 2.75) is 57.6 Å². The predicted octanol–water partition coefficient (Wildman–Crippen LogP) is 4.10. The summed E-state index contributed by atoms with van der Waals surface area (Å²) in [6.45, 7) is 4.36. The van der Waals surface area contributed by atoms with Gasteiger partial charge in [0.2, 0.25) is 0 Å². The molecule has 4 atom stereocenters. The molecule has 2 saturated carbocycles. The molecule has 4 unspecified atom stereocenters. The lowest BCUT2D eigenvalue weighted by Crippen LogP contribution is -2.29. The van der Waals surface area contributed by atoms with Crippen LogP contribution in [0.3, 0.4) is 0 Å². The van der Waals surface area contributed by atoms with Crippen LogP contribution in [0.5, 0.6) is 5.75 Å². The van der Waals surface area contributed by atoms with Crippen molar-refractivity contribution in [3.8, 4) is 5.75 Å². The topological polar surface area (TPSA) is 21.3 Å². The van der Waals surface area contributed by atoms with E-state index in [1.807, 2.05) is 0 Å². The van der Waals surface area contributed by atoms with Crippen LogP contribution in [-0.4, -0.2) is 12.6 Å². The molecular weight excluding hydrogens is 258 g/mol. The lowest BCUT2D eigenvalue weighted by molar-refractivity contribution is 0.138. The Kier molecular flexibility index (Phi) is 3.08. The van der Waals surface area contributed by atoms with Gasteiger partial charge in [-0.05, 0) is 75.1 Å². The first-order valence-corrected chi connectivity index (χ1v) is 8.55. The predicted molar refractivity (Wildman–Crippen MR) is 85.6 cm³/mol. The highest BCUT2D eigenvalue weighted by molar-refractivity contribution is 5.43. The first kappa shape index (κ1) is 13.6. The van der Waals surface area contributed by atoms with E-state index >= 15 is 0 Å². The van der Waals surface area contributed by atoms with Crippen LogP contribution in [0.25, 0.3) is 0 Å². The van der Waals surface area contributed by atoms with E-state index in [1.165, 1.54) is 36.8 Å². The largest absolute Gasteiger partial charge is 0.487 e. The van der Waals surface area contributed by atoms with E-state index in [0.29, 0.717) is 6.04 Å². The zero-order valence-corrected chi connectivity index (χ0v) is 13.5. The van der Waals surface area contributed by atoms with E-state index in [1.54, 1.807) is 0 Å². The Morgan fingerprint density at radius 1 is 1.24 bits per heavy atom. The quantitative estimate of drug-likeness (QED) is 0.903. The van der Waals surface area contributed by atoms with Crippen LogP contribution in [0, 0.1) is 17.8 Å². The van der Waals surface area contributed by atoms with Gasteiger partial charge in [0.05, 0.1) is 0 Å². The van der Waals surface area contributed by atoms with Crippen molar-refractivity contribution in [2.75, 3.05) is 7.05 Å². The molecule has 2 bridgehead atoms. The van der Waals surface area contributed by atoms with Crippen molar-refractivity contribution in [3.63, 3.8) is 0 Å². The summed E-state index contributed by atoms with van der Waals surface area (Å²) in [6, 6.07) is 7.40. The van der Waals surface area contributed by atoms with E-state index in [9.17, 15) is 0 Å². The van der Waals surface area contributed by atoms with E-state index in [4.69, 9.17) is 4.74 Å². The highest BCUT2D eigenvalue weighted by Gasteiger charge is 2.43. The monoisotopic (exact) mass is 285 g/mol. The third-order valence-corrected chi connectivity index (χ3v) is 5.98. The molecule has 1 heterocycles. The molecule has 1 aromatic carbocycles. The SMILES string of the molecule is CNC(c1ccc2c(c1)CC(C)(C)O2)C1CC2CCC1C2. The van der Waals surface area contributed by atoms with Crippen LogP contribution in [0.4, 0.5) is 0 Å². The molecule has 0 radical (unpaired) electrons. The van der Waals surface area contributed by atoms with Crippen molar-refractivity contribution in [2.24, 2.45) is 17.8 Å². The maximum absolute atomic E-state index is 6.02. The fourth-order valence-electron chi connectivity index (χ4n) is 5.15. The second-order valence-corrected chi connectivity index (χ2v) is 8.01. The van der Waals surface area contributed by atoms with Crippen LogP contribution in [0.2, 0.25) is 0 Å². The van der Waals surface area contributed by atoms with Gasteiger partial charge in [0.1, 0.15) is 11.4 Å². The van der Waals surface area contributed by atoms with Gasteiger partial charge in [0.15, 0.2) is 0 Å². The fourth-order valence-corrected chi connectivity index (χ4v) is 5.15. The summed E-state index contributed by atoms with van der Waals surface area (Å²) < 4.78 is 6.02. The van der Waals surface area contributed by atoms with Gasteiger partial charge in [-0.1, -0.05) is 18.6 Å². The molecule has 1 aromatic rings. The summed E-state index contributed by atoms with van der Waals surface area (Å²) >= 11 is 0. The molecule has 2 aliphatic carbocycles. The normalized spacial score (nSPS) is 33.8. The standard InChI is InChI=1S/C19H27NO/c1-19(2)11-15-10-14(6-7-17(15)21-19)18(20-3)16-9-12-4-5-13(16)8-12/h6-7,10,12-13,16,18,20H,4-5,8-9,11H2,1-3H3. The molecule has 21 heavy (non-hydrogen) atoms. The van der Waals surface area contributed by atoms with Gasteiger partial charge in [-0.2, -0.15) is 0 Å². The van der Waals surface area contributed by atoms with Crippen LogP contribution in [0.1, 0.15) is 56.7 Å². The lowest BCUT2D eigenvalue weighted by atomic mass is 9.80. The van der Waals surface area contributed by atoms with Crippen molar-refractivity contribution < 1.29 is 4.74 Å². The third-order valence-electron chi connectivity index (χ3n) is 5.98. The summed E-state index contributed by atoms with van der Waals surface area (Å²) in [7, 11) is 2.13. The number of ether oxygens (including phenoxy) is 1. The Balaban J connectivity index is 1.61. The van der Waals surface area contributed by atoms with E-state index in [0.717, 1.165) is 29.9 Å². The average molecular weight is 285 g/mol. The summed E-state index contributed by atoms with van der Waals surface area (Å²) in [5.41, 5.74) is 2.82. The van der Waals surface area contributed by atoms with Gasteiger partial charge < -0.3 is 10.1 Å². The molecule has 2 fully saturated rings. The van der Waals surface area contributed by atoms with Crippen molar-refractivity contribution in [1.82, 2.24) is 5.32 Å².